The Labute approximate surface area is 164 Å². The molecule has 1 atom stereocenters. The highest BCUT2D eigenvalue weighted by Crippen LogP contribution is 2.50. The van der Waals surface area contributed by atoms with Gasteiger partial charge in [-0.05, 0) is 36.7 Å². The van der Waals surface area contributed by atoms with E-state index in [1.807, 2.05) is 0 Å². The van der Waals surface area contributed by atoms with E-state index in [4.69, 9.17) is 23.2 Å². The Morgan fingerprint density at radius 3 is 2.62 bits per heavy atom. The van der Waals surface area contributed by atoms with E-state index < -0.39 is 0 Å². The van der Waals surface area contributed by atoms with Crippen LogP contribution in [0.5, 0.6) is 5.88 Å². The molecule has 2 aliphatic rings. The summed E-state index contributed by atoms with van der Waals surface area (Å²) in [7, 11) is 0. The highest BCUT2D eigenvalue weighted by atomic mass is 35.5. The number of aromatic nitrogens is 2. The molecular formula is C20H23Cl2N3O. The van der Waals surface area contributed by atoms with E-state index in [0.29, 0.717) is 26.7 Å². The molecule has 1 aromatic carbocycles. The molecule has 138 valence electrons. The van der Waals surface area contributed by atoms with Gasteiger partial charge in [-0.3, -0.25) is 0 Å². The van der Waals surface area contributed by atoms with Crippen LogP contribution < -0.4 is 4.90 Å². The second-order valence-electron chi connectivity index (χ2n) is 7.64. The fourth-order valence-corrected chi connectivity index (χ4v) is 5.03. The van der Waals surface area contributed by atoms with Crippen LogP contribution in [-0.4, -0.2) is 28.2 Å². The van der Waals surface area contributed by atoms with Crippen molar-refractivity contribution < 1.29 is 5.11 Å². The first-order chi connectivity index (χ1) is 12.5. The molecule has 1 aliphatic heterocycles. The standard InChI is InChI=1S/C20H23Cl2N3O/c1-13-4-3-7-20(13)8-10-25(11-9-20)16-12-23-18(19(26)24-16)14-5-2-6-15(21)17(14)22/h2,5-6,12-13H,3-4,7-11H2,1H3,(H,24,26)/t13-/m1/s1. The Balaban J connectivity index is 1.55. The first-order valence-corrected chi connectivity index (χ1v) is 10.0. The van der Waals surface area contributed by atoms with Crippen LogP contribution in [0.4, 0.5) is 5.82 Å². The molecule has 1 spiro atoms. The molecule has 1 saturated carbocycles. The van der Waals surface area contributed by atoms with Gasteiger partial charge in [0.05, 0.1) is 16.2 Å². The summed E-state index contributed by atoms with van der Waals surface area (Å²) < 4.78 is 0. The summed E-state index contributed by atoms with van der Waals surface area (Å²) in [6.45, 7) is 4.34. The highest BCUT2D eigenvalue weighted by Gasteiger charge is 2.42. The quantitative estimate of drug-likeness (QED) is 0.727. The smallest absolute Gasteiger partial charge is 0.240 e. The number of anilines is 1. The summed E-state index contributed by atoms with van der Waals surface area (Å²) in [5.74, 6) is 1.43. The van der Waals surface area contributed by atoms with Gasteiger partial charge in [-0.15, -0.1) is 0 Å². The van der Waals surface area contributed by atoms with Crippen LogP contribution in [-0.2, 0) is 0 Å². The molecule has 1 aliphatic carbocycles. The third-order valence-electron chi connectivity index (χ3n) is 6.39. The molecule has 2 heterocycles. The lowest BCUT2D eigenvalue weighted by Crippen LogP contribution is -2.41. The fraction of sp³-hybridized carbons (Fsp3) is 0.500. The number of benzene rings is 1. The van der Waals surface area contributed by atoms with E-state index >= 15 is 0 Å². The van der Waals surface area contributed by atoms with Crippen LogP contribution >= 0.6 is 23.2 Å². The number of halogens is 2. The zero-order valence-corrected chi connectivity index (χ0v) is 16.4. The summed E-state index contributed by atoms with van der Waals surface area (Å²) in [5, 5.41) is 11.2. The van der Waals surface area contributed by atoms with Gasteiger partial charge < -0.3 is 10.0 Å². The Morgan fingerprint density at radius 2 is 1.96 bits per heavy atom. The van der Waals surface area contributed by atoms with Gasteiger partial charge in [-0.25, -0.2) is 4.98 Å². The first kappa shape index (κ1) is 17.9. The van der Waals surface area contributed by atoms with Crippen LogP contribution in [0.2, 0.25) is 10.0 Å². The van der Waals surface area contributed by atoms with Crippen LogP contribution in [0.25, 0.3) is 11.3 Å². The number of hydrogen-bond donors (Lipinski definition) is 1. The van der Waals surface area contributed by atoms with Crippen molar-refractivity contribution in [1.29, 1.82) is 0 Å². The number of rotatable bonds is 2. The molecule has 1 N–H and O–H groups in total. The highest BCUT2D eigenvalue weighted by molar-refractivity contribution is 6.43. The van der Waals surface area contributed by atoms with Crippen LogP contribution in [0.1, 0.15) is 39.0 Å². The van der Waals surface area contributed by atoms with Crippen LogP contribution in [0.3, 0.4) is 0 Å². The van der Waals surface area contributed by atoms with E-state index in [0.717, 1.165) is 24.8 Å². The molecule has 0 bridgehead atoms. The van der Waals surface area contributed by atoms with E-state index in [1.54, 1.807) is 24.4 Å². The fourth-order valence-electron chi connectivity index (χ4n) is 4.64. The van der Waals surface area contributed by atoms with Crippen molar-refractivity contribution in [3.8, 4) is 17.1 Å². The van der Waals surface area contributed by atoms with Crippen LogP contribution in [0, 0.1) is 11.3 Å². The van der Waals surface area contributed by atoms with Crippen LogP contribution in [0.15, 0.2) is 24.4 Å². The molecule has 0 unspecified atom stereocenters. The Kier molecular flexibility index (Phi) is 4.74. The minimum atomic E-state index is -0.110. The molecule has 1 aromatic heterocycles. The van der Waals surface area contributed by atoms with Crippen molar-refractivity contribution in [2.45, 2.75) is 39.0 Å². The molecule has 4 nitrogen and oxygen atoms in total. The lowest BCUT2D eigenvalue weighted by atomic mass is 9.71. The van der Waals surface area contributed by atoms with Crippen molar-refractivity contribution in [3.05, 3.63) is 34.4 Å². The SMILES string of the molecule is C[C@@H]1CCCC12CCN(c1cnc(-c3cccc(Cl)c3Cl)c(O)n1)CC2. The summed E-state index contributed by atoms with van der Waals surface area (Å²) in [5.41, 5.74) is 1.47. The third-order valence-corrected chi connectivity index (χ3v) is 7.21. The topological polar surface area (TPSA) is 49.2 Å². The zero-order valence-electron chi connectivity index (χ0n) is 14.9. The van der Waals surface area contributed by atoms with Crippen molar-refractivity contribution in [2.75, 3.05) is 18.0 Å². The molecule has 0 radical (unpaired) electrons. The van der Waals surface area contributed by atoms with Gasteiger partial charge in [0.1, 0.15) is 5.69 Å². The van der Waals surface area contributed by atoms with E-state index in [2.05, 4.69) is 21.8 Å². The van der Waals surface area contributed by atoms with Crippen molar-refractivity contribution in [2.24, 2.45) is 11.3 Å². The molecule has 1 saturated heterocycles. The van der Waals surface area contributed by atoms with Gasteiger partial charge in [0.15, 0.2) is 5.82 Å². The molecule has 2 aromatic rings. The number of hydrogen-bond acceptors (Lipinski definition) is 4. The van der Waals surface area contributed by atoms with Gasteiger partial charge in [0.25, 0.3) is 0 Å². The lowest BCUT2D eigenvalue weighted by molar-refractivity contribution is 0.161. The van der Waals surface area contributed by atoms with Crippen molar-refractivity contribution in [1.82, 2.24) is 9.97 Å². The lowest BCUT2D eigenvalue weighted by Gasteiger charge is -2.42. The van der Waals surface area contributed by atoms with E-state index in [9.17, 15) is 5.11 Å². The molecule has 6 heteroatoms. The van der Waals surface area contributed by atoms with Gasteiger partial charge in [-0.2, -0.15) is 4.98 Å². The number of piperidine rings is 1. The predicted molar refractivity (Wildman–Crippen MR) is 106 cm³/mol. The van der Waals surface area contributed by atoms with Gasteiger partial charge in [0, 0.05) is 18.7 Å². The Morgan fingerprint density at radius 1 is 1.19 bits per heavy atom. The maximum absolute atomic E-state index is 10.4. The average molecular weight is 392 g/mol. The first-order valence-electron chi connectivity index (χ1n) is 9.25. The normalized spacial score (nSPS) is 22.1. The van der Waals surface area contributed by atoms with Gasteiger partial charge >= 0.3 is 0 Å². The largest absolute Gasteiger partial charge is 0.492 e. The average Bonchev–Trinajstić information content (AvgIpc) is 2.98. The molecule has 0 amide bonds. The maximum atomic E-state index is 10.4. The summed E-state index contributed by atoms with van der Waals surface area (Å²) >= 11 is 12.3. The third kappa shape index (κ3) is 3.03. The van der Waals surface area contributed by atoms with Gasteiger partial charge in [-0.1, -0.05) is 55.1 Å². The minimum absolute atomic E-state index is 0.110. The summed E-state index contributed by atoms with van der Waals surface area (Å²) in [4.78, 5) is 11.1. The van der Waals surface area contributed by atoms with Crippen molar-refractivity contribution >= 4 is 29.0 Å². The second kappa shape index (κ2) is 6.90. The maximum Gasteiger partial charge on any atom is 0.240 e. The molecular weight excluding hydrogens is 369 g/mol. The Hall–Kier alpha value is -1.52. The predicted octanol–water partition coefficient (Wildman–Crippen LogP) is 5.56. The number of aromatic hydroxyl groups is 1. The molecule has 26 heavy (non-hydrogen) atoms. The summed E-state index contributed by atoms with van der Waals surface area (Å²) in [6.07, 6.45) is 8.18. The summed E-state index contributed by atoms with van der Waals surface area (Å²) in [6, 6.07) is 5.27. The van der Waals surface area contributed by atoms with Crippen molar-refractivity contribution in [3.63, 3.8) is 0 Å². The molecule has 4 rings (SSSR count). The minimum Gasteiger partial charge on any atom is -0.492 e. The van der Waals surface area contributed by atoms with E-state index in [1.165, 1.54) is 32.1 Å². The Bertz CT molecular complexity index is 819. The van der Waals surface area contributed by atoms with Gasteiger partial charge in [0.2, 0.25) is 5.88 Å². The number of nitrogens with zero attached hydrogens (tertiary/aromatic N) is 3. The monoisotopic (exact) mass is 391 g/mol. The molecule has 2 fully saturated rings. The zero-order chi connectivity index (χ0) is 18.3. The second-order valence-corrected chi connectivity index (χ2v) is 8.43. The van der Waals surface area contributed by atoms with E-state index in [-0.39, 0.29) is 5.88 Å².